The molecule has 0 bridgehead atoms. The van der Waals surface area contributed by atoms with Crippen molar-refractivity contribution in [1.82, 2.24) is 9.97 Å². The highest BCUT2D eigenvalue weighted by Gasteiger charge is 2.11. The number of hydrogen-bond donors (Lipinski definition) is 1. The summed E-state index contributed by atoms with van der Waals surface area (Å²) in [4.78, 5) is 8.81. The number of fused-ring (bicyclic) bond motifs is 1. The summed E-state index contributed by atoms with van der Waals surface area (Å²) in [5.41, 5.74) is 2.50. The Bertz CT molecular complexity index is 317. The molecule has 0 aromatic carbocycles. The minimum atomic E-state index is 0.217. The van der Waals surface area contributed by atoms with Crippen LogP contribution in [-0.2, 0) is 18.6 Å². The lowest BCUT2D eigenvalue weighted by molar-refractivity contribution is 0.287. The lowest BCUT2D eigenvalue weighted by atomic mass is 10.2. The molecule has 0 fully saturated rings. The Morgan fingerprint density at radius 1 is 1.50 bits per heavy atom. The Morgan fingerprint density at radius 2 is 2.43 bits per heavy atom. The highest BCUT2D eigenvalue weighted by atomic mass is 32.2. The van der Waals surface area contributed by atoms with Crippen LogP contribution in [0.4, 0.5) is 0 Å². The van der Waals surface area contributed by atoms with Crippen LogP contribution in [0.3, 0.4) is 0 Å². The molecular formula is C10H14N2OS. The molecule has 0 radical (unpaired) electrons. The van der Waals surface area contributed by atoms with Crippen molar-refractivity contribution in [2.45, 2.75) is 25.0 Å². The third-order valence-corrected chi connectivity index (χ3v) is 3.29. The zero-order valence-electron chi connectivity index (χ0n) is 8.07. The van der Waals surface area contributed by atoms with Crippen LogP contribution in [0.25, 0.3) is 0 Å². The van der Waals surface area contributed by atoms with Gasteiger partial charge in [0.15, 0.2) is 0 Å². The van der Waals surface area contributed by atoms with E-state index in [0.29, 0.717) is 0 Å². The number of rotatable bonds is 3. The molecule has 1 aromatic rings. The fourth-order valence-electron chi connectivity index (χ4n) is 1.53. The number of thioether (sulfide) groups is 1. The van der Waals surface area contributed by atoms with Crippen LogP contribution in [0.2, 0.25) is 0 Å². The molecule has 0 atom stereocenters. The molecule has 0 spiro atoms. The van der Waals surface area contributed by atoms with Gasteiger partial charge in [-0.2, -0.15) is 11.8 Å². The summed E-state index contributed by atoms with van der Waals surface area (Å²) >= 11 is 1.93. The predicted octanol–water partition coefficient (Wildman–Crippen LogP) is 1.19. The van der Waals surface area contributed by atoms with E-state index in [1.807, 2.05) is 18.0 Å². The van der Waals surface area contributed by atoms with Crippen LogP contribution in [0.1, 0.15) is 23.5 Å². The van der Waals surface area contributed by atoms with E-state index < -0.39 is 0 Å². The first-order chi connectivity index (χ1) is 6.90. The van der Waals surface area contributed by atoms with E-state index in [2.05, 4.69) is 9.97 Å². The Hall–Kier alpha value is -0.610. The molecule has 2 rings (SSSR count). The van der Waals surface area contributed by atoms with Crippen molar-refractivity contribution in [2.75, 3.05) is 12.4 Å². The van der Waals surface area contributed by atoms with Gasteiger partial charge in [-0.15, -0.1) is 0 Å². The first-order valence-corrected chi connectivity index (χ1v) is 6.08. The van der Waals surface area contributed by atoms with Gasteiger partial charge in [-0.05, 0) is 24.2 Å². The summed E-state index contributed by atoms with van der Waals surface area (Å²) in [5, 5.41) is 8.71. The van der Waals surface area contributed by atoms with E-state index in [4.69, 9.17) is 5.11 Å². The van der Waals surface area contributed by atoms with Gasteiger partial charge in [0.05, 0.1) is 5.69 Å². The molecule has 1 aliphatic rings. The average molecular weight is 210 g/mol. The molecule has 76 valence electrons. The average Bonchev–Trinajstić information content (AvgIpc) is 2.26. The molecule has 14 heavy (non-hydrogen) atoms. The number of aliphatic hydroxyl groups excluding tert-OH is 1. The van der Waals surface area contributed by atoms with Gasteiger partial charge in [0.25, 0.3) is 0 Å². The molecule has 1 N–H and O–H groups in total. The van der Waals surface area contributed by atoms with Crippen LogP contribution in [0.5, 0.6) is 0 Å². The molecule has 0 unspecified atom stereocenters. The molecule has 2 heterocycles. The monoisotopic (exact) mass is 210 g/mol. The normalized spacial score (nSPS) is 15.2. The SMILES string of the molecule is OCCCc1ncc2c(n1)CSCC2. The summed E-state index contributed by atoms with van der Waals surface area (Å²) in [6.07, 6.45) is 4.59. The zero-order chi connectivity index (χ0) is 9.80. The Balaban J connectivity index is 2.12. The predicted molar refractivity (Wildman–Crippen MR) is 57.3 cm³/mol. The molecule has 1 aliphatic heterocycles. The van der Waals surface area contributed by atoms with Crippen LogP contribution >= 0.6 is 11.8 Å². The van der Waals surface area contributed by atoms with E-state index in [-0.39, 0.29) is 6.61 Å². The molecular weight excluding hydrogens is 196 g/mol. The highest BCUT2D eigenvalue weighted by Crippen LogP contribution is 2.22. The van der Waals surface area contributed by atoms with Crippen LogP contribution in [-0.4, -0.2) is 27.4 Å². The fourth-order valence-corrected chi connectivity index (χ4v) is 2.48. The van der Waals surface area contributed by atoms with Crippen LogP contribution in [0.15, 0.2) is 6.20 Å². The topological polar surface area (TPSA) is 46.0 Å². The Labute approximate surface area is 88.0 Å². The Morgan fingerprint density at radius 3 is 3.29 bits per heavy atom. The summed E-state index contributed by atoms with van der Waals surface area (Å²) in [6.45, 7) is 0.217. The van der Waals surface area contributed by atoms with Crippen molar-refractivity contribution < 1.29 is 5.11 Å². The molecule has 4 heteroatoms. The minimum absolute atomic E-state index is 0.217. The quantitative estimate of drug-likeness (QED) is 0.814. The third kappa shape index (κ3) is 2.25. The molecule has 0 amide bonds. The lowest BCUT2D eigenvalue weighted by Gasteiger charge is -2.14. The summed E-state index contributed by atoms with van der Waals surface area (Å²) in [5.74, 6) is 3.08. The first kappa shape index (κ1) is 9.93. The lowest BCUT2D eigenvalue weighted by Crippen LogP contribution is -2.09. The smallest absolute Gasteiger partial charge is 0.128 e. The molecule has 0 aliphatic carbocycles. The largest absolute Gasteiger partial charge is 0.396 e. The highest BCUT2D eigenvalue weighted by molar-refractivity contribution is 7.98. The number of hydrogen-bond acceptors (Lipinski definition) is 4. The van der Waals surface area contributed by atoms with E-state index in [1.54, 1.807) is 0 Å². The number of aliphatic hydroxyl groups is 1. The van der Waals surface area contributed by atoms with Crippen LogP contribution < -0.4 is 0 Å². The summed E-state index contributed by atoms with van der Waals surface area (Å²) in [7, 11) is 0. The van der Waals surface area contributed by atoms with Crippen molar-refractivity contribution >= 4 is 11.8 Å². The van der Waals surface area contributed by atoms with Gasteiger partial charge in [0.1, 0.15) is 5.82 Å². The summed E-state index contributed by atoms with van der Waals surface area (Å²) < 4.78 is 0. The van der Waals surface area contributed by atoms with E-state index in [1.165, 1.54) is 17.0 Å². The van der Waals surface area contributed by atoms with Gasteiger partial charge in [-0.1, -0.05) is 0 Å². The standard InChI is InChI=1S/C10H14N2OS/c13-4-1-2-10-11-6-8-3-5-14-7-9(8)12-10/h6,13H,1-5,7H2. The molecule has 1 aromatic heterocycles. The second-order valence-electron chi connectivity index (χ2n) is 3.39. The van der Waals surface area contributed by atoms with Gasteiger partial charge in [-0.25, -0.2) is 9.97 Å². The van der Waals surface area contributed by atoms with Crippen molar-refractivity contribution in [3.05, 3.63) is 23.3 Å². The third-order valence-electron chi connectivity index (χ3n) is 2.32. The number of aryl methyl sites for hydroxylation is 2. The maximum absolute atomic E-state index is 8.71. The molecule has 0 saturated carbocycles. The van der Waals surface area contributed by atoms with Gasteiger partial charge >= 0.3 is 0 Å². The second kappa shape index (κ2) is 4.75. The first-order valence-electron chi connectivity index (χ1n) is 4.92. The fraction of sp³-hybridized carbons (Fsp3) is 0.600. The second-order valence-corrected chi connectivity index (χ2v) is 4.49. The maximum atomic E-state index is 8.71. The number of aromatic nitrogens is 2. The van der Waals surface area contributed by atoms with Gasteiger partial charge in [-0.3, -0.25) is 0 Å². The minimum Gasteiger partial charge on any atom is -0.396 e. The van der Waals surface area contributed by atoms with Crippen molar-refractivity contribution in [1.29, 1.82) is 0 Å². The number of nitrogens with zero attached hydrogens (tertiary/aromatic N) is 2. The van der Waals surface area contributed by atoms with Crippen molar-refractivity contribution in [3.63, 3.8) is 0 Å². The summed E-state index contributed by atoms with van der Waals surface area (Å²) in [6, 6.07) is 0. The zero-order valence-corrected chi connectivity index (χ0v) is 8.89. The Kier molecular flexibility index (Phi) is 3.37. The van der Waals surface area contributed by atoms with Crippen molar-refractivity contribution in [2.24, 2.45) is 0 Å². The van der Waals surface area contributed by atoms with E-state index in [0.717, 1.165) is 30.8 Å². The maximum Gasteiger partial charge on any atom is 0.128 e. The van der Waals surface area contributed by atoms with Crippen LogP contribution in [0, 0.1) is 0 Å². The van der Waals surface area contributed by atoms with Gasteiger partial charge < -0.3 is 5.11 Å². The van der Waals surface area contributed by atoms with Gasteiger partial charge in [0, 0.05) is 25.0 Å². The molecule has 0 saturated heterocycles. The van der Waals surface area contributed by atoms with Gasteiger partial charge in [0.2, 0.25) is 0 Å². The van der Waals surface area contributed by atoms with Crippen molar-refractivity contribution in [3.8, 4) is 0 Å². The van der Waals surface area contributed by atoms with E-state index >= 15 is 0 Å². The van der Waals surface area contributed by atoms with E-state index in [9.17, 15) is 0 Å². The molecule has 3 nitrogen and oxygen atoms in total.